The minimum absolute atomic E-state index is 0.156. The van der Waals surface area contributed by atoms with Gasteiger partial charge in [-0.15, -0.1) is 0 Å². The van der Waals surface area contributed by atoms with Gasteiger partial charge in [-0.3, -0.25) is 4.90 Å². The van der Waals surface area contributed by atoms with Gasteiger partial charge in [0.1, 0.15) is 39.5 Å². The van der Waals surface area contributed by atoms with E-state index in [0.717, 1.165) is 24.7 Å². The van der Waals surface area contributed by atoms with Crippen molar-refractivity contribution in [1.82, 2.24) is 9.97 Å². The van der Waals surface area contributed by atoms with E-state index < -0.39 is 6.03 Å². The van der Waals surface area contributed by atoms with Gasteiger partial charge in [-0.25, -0.2) is 14.8 Å². The number of hydrogen-bond acceptors (Lipinski definition) is 7. The average Bonchev–Trinajstić information content (AvgIpc) is 2.95. The van der Waals surface area contributed by atoms with Gasteiger partial charge in [-0.2, -0.15) is 0 Å². The first kappa shape index (κ1) is 27.6. The molecule has 202 valence electrons. The molecule has 2 aromatic carbocycles. The molecule has 38 heavy (non-hydrogen) atoms. The molecule has 0 unspecified atom stereocenters. The average molecular weight is 559 g/mol. The van der Waals surface area contributed by atoms with Crippen LogP contribution in [0.4, 0.5) is 33.5 Å². The predicted octanol–water partition coefficient (Wildman–Crippen LogP) is 6.84. The van der Waals surface area contributed by atoms with Gasteiger partial charge in [0, 0.05) is 43.6 Å². The number of rotatable bonds is 8. The summed E-state index contributed by atoms with van der Waals surface area (Å²) in [6.45, 7) is 4.45. The van der Waals surface area contributed by atoms with Crippen LogP contribution in [0.25, 0.3) is 0 Å². The van der Waals surface area contributed by atoms with Crippen molar-refractivity contribution in [2.75, 3.05) is 54.8 Å². The molecule has 0 spiro atoms. The summed E-state index contributed by atoms with van der Waals surface area (Å²) < 4.78 is 10.5. The first-order valence-corrected chi connectivity index (χ1v) is 13.2. The number of nitrogens with zero attached hydrogens (tertiary/aromatic N) is 4. The molecule has 11 heteroatoms. The zero-order valence-corrected chi connectivity index (χ0v) is 23.4. The molecule has 4 rings (SSSR count). The zero-order chi connectivity index (χ0) is 27.2. The van der Waals surface area contributed by atoms with Crippen LogP contribution in [-0.4, -0.2) is 50.4 Å². The van der Waals surface area contributed by atoms with Gasteiger partial charge in [0.15, 0.2) is 0 Å². The summed E-state index contributed by atoms with van der Waals surface area (Å²) in [7, 11) is 4.51. The molecule has 2 N–H and O–H groups in total. The number of nitrogens with one attached hydrogen (secondary N) is 2. The summed E-state index contributed by atoms with van der Waals surface area (Å²) >= 11 is 12.8. The van der Waals surface area contributed by atoms with Crippen LogP contribution in [0, 0.1) is 5.92 Å². The van der Waals surface area contributed by atoms with Crippen molar-refractivity contribution in [3.63, 3.8) is 0 Å². The Morgan fingerprint density at radius 3 is 2.26 bits per heavy atom. The van der Waals surface area contributed by atoms with E-state index >= 15 is 0 Å². The van der Waals surface area contributed by atoms with Crippen LogP contribution in [-0.2, 0) is 0 Å². The number of piperidine rings is 1. The van der Waals surface area contributed by atoms with Crippen LogP contribution in [0.5, 0.6) is 11.5 Å². The summed E-state index contributed by atoms with van der Waals surface area (Å²) in [5, 5.41) is 6.31. The number of methoxy groups -OCH3 is 2. The standard InChI is InChI=1S/C27H32Cl2N6O3/c1-5-17-10-12-35(13-11-17)19-8-6-18(7-9-19)32-22-15-23(31-16-30-22)34(2)27(36)33-26-24(28)20(37-3)14-21(38-4)25(26)29/h6-9,14-17H,5,10-13H2,1-4H3,(H,33,36)(H,30,31,32). The molecule has 1 aliphatic rings. The smallest absolute Gasteiger partial charge is 0.327 e. The lowest BCUT2D eigenvalue weighted by Crippen LogP contribution is -2.33. The van der Waals surface area contributed by atoms with Gasteiger partial charge in [0.05, 0.1) is 19.9 Å². The maximum Gasteiger partial charge on any atom is 0.327 e. The fourth-order valence-electron chi connectivity index (χ4n) is 4.39. The molecular formula is C27H32Cl2N6O3. The molecular weight excluding hydrogens is 527 g/mol. The highest BCUT2D eigenvalue weighted by Crippen LogP contribution is 2.44. The molecule has 0 saturated carbocycles. The van der Waals surface area contributed by atoms with E-state index in [1.54, 1.807) is 19.2 Å². The van der Waals surface area contributed by atoms with Crippen molar-refractivity contribution in [2.45, 2.75) is 26.2 Å². The number of benzene rings is 2. The lowest BCUT2D eigenvalue weighted by atomic mass is 9.94. The summed E-state index contributed by atoms with van der Waals surface area (Å²) in [4.78, 5) is 25.3. The van der Waals surface area contributed by atoms with Gasteiger partial charge < -0.3 is 25.0 Å². The Hall–Kier alpha value is -3.43. The Kier molecular flexibility index (Phi) is 9.01. The SMILES string of the molecule is CCC1CCN(c2ccc(Nc3cc(N(C)C(=O)Nc4c(Cl)c(OC)cc(OC)c4Cl)ncn3)cc2)CC1. The number of anilines is 5. The Labute approximate surface area is 233 Å². The predicted molar refractivity (Wildman–Crippen MR) is 154 cm³/mol. The van der Waals surface area contributed by atoms with E-state index in [9.17, 15) is 4.79 Å². The van der Waals surface area contributed by atoms with Crippen LogP contribution >= 0.6 is 23.2 Å². The third kappa shape index (κ3) is 6.16. The van der Waals surface area contributed by atoms with E-state index in [1.807, 2.05) is 12.1 Å². The van der Waals surface area contributed by atoms with Gasteiger partial charge in [-0.1, -0.05) is 36.5 Å². The highest BCUT2D eigenvalue weighted by Gasteiger charge is 2.22. The normalized spacial score (nSPS) is 13.7. The summed E-state index contributed by atoms with van der Waals surface area (Å²) in [5.41, 5.74) is 2.28. The number of carbonyl (C=O) groups is 1. The Morgan fingerprint density at radius 2 is 1.68 bits per heavy atom. The molecule has 3 aromatic rings. The van der Waals surface area contributed by atoms with Crippen molar-refractivity contribution in [3.8, 4) is 11.5 Å². The number of carbonyl (C=O) groups excluding carboxylic acids is 1. The number of halogens is 2. The maximum absolute atomic E-state index is 13.0. The van der Waals surface area contributed by atoms with Gasteiger partial charge >= 0.3 is 6.03 Å². The molecule has 2 heterocycles. The molecule has 1 saturated heterocycles. The van der Waals surface area contributed by atoms with E-state index in [1.165, 1.54) is 50.4 Å². The van der Waals surface area contributed by atoms with Gasteiger partial charge in [0.25, 0.3) is 0 Å². The number of urea groups is 1. The van der Waals surface area contributed by atoms with E-state index in [0.29, 0.717) is 23.1 Å². The number of ether oxygens (including phenoxy) is 2. The minimum atomic E-state index is -0.509. The third-order valence-electron chi connectivity index (χ3n) is 6.80. The monoisotopic (exact) mass is 558 g/mol. The third-order valence-corrected chi connectivity index (χ3v) is 7.55. The first-order valence-electron chi connectivity index (χ1n) is 12.4. The molecule has 0 aliphatic carbocycles. The lowest BCUT2D eigenvalue weighted by Gasteiger charge is -2.33. The van der Waals surface area contributed by atoms with Crippen LogP contribution in [0.1, 0.15) is 26.2 Å². The fourth-order valence-corrected chi connectivity index (χ4v) is 4.99. The largest absolute Gasteiger partial charge is 0.495 e. The van der Waals surface area contributed by atoms with Crippen molar-refractivity contribution < 1.29 is 14.3 Å². The topological polar surface area (TPSA) is 91.9 Å². The molecule has 0 radical (unpaired) electrons. The van der Waals surface area contributed by atoms with E-state index in [-0.39, 0.29) is 15.7 Å². The summed E-state index contributed by atoms with van der Waals surface area (Å²) in [5.74, 6) is 2.39. The van der Waals surface area contributed by atoms with E-state index in [4.69, 9.17) is 32.7 Å². The highest BCUT2D eigenvalue weighted by molar-refractivity contribution is 6.41. The highest BCUT2D eigenvalue weighted by atomic mass is 35.5. The molecule has 1 fully saturated rings. The number of aromatic nitrogens is 2. The van der Waals surface area contributed by atoms with Gasteiger partial charge in [-0.05, 0) is 43.0 Å². The molecule has 1 aromatic heterocycles. The van der Waals surface area contributed by atoms with Crippen LogP contribution in [0.2, 0.25) is 10.0 Å². The lowest BCUT2D eigenvalue weighted by molar-refractivity contribution is 0.258. The maximum atomic E-state index is 13.0. The van der Waals surface area contributed by atoms with Crippen molar-refractivity contribution in [2.24, 2.45) is 5.92 Å². The minimum Gasteiger partial charge on any atom is -0.495 e. The zero-order valence-electron chi connectivity index (χ0n) is 21.9. The Morgan fingerprint density at radius 1 is 1.05 bits per heavy atom. The van der Waals surface area contributed by atoms with Gasteiger partial charge in [0.2, 0.25) is 0 Å². The molecule has 0 bridgehead atoms. The van der Waals surface area contributed by atoms with Crippen LogP contribution in [0.15, 0.2) is 42.7 Å². The second kappa shape index (κ2) is 12.4. The quantitative estimate of drug-likeness (QED) is 0.312. The molecule has 2 amide bonds. The van der Waals surface area contributed by atoms with E-state index in [2.05, 4.69) is 44.6 Å². The van der Waals surface area contributed by atoms with Crippen molar-refractivity contribution in [3.05, 3.63) is 52.8 Å². The Balaban J connectivity index is 1.44. The fraction of sp³-hybridized carbons (Fsp3) is 0.370. The molecule has 9 nitrogen and oxygen atoms in total. The second-order valence-electron chi connectivity index (χ2n) is 9.05. The van der Waals surface area contributed by atoms with Crippen molar-refractivity contribution >= 4 is 57.9 Å². The number of hydrogen-bond donors (Lipinski definition) is 2. The Bertz CT molecular complexity index is 1240. The number of amides is 2. The summed E-state index contributed by atoms with van der Waals surface area (Å²) in [6.07, 6.45) is 5.13. The van der Waals surface area contributed by atoms with Crippen LogP contribution < -0.4 is 29.9 Å². The van der Waals surface area contributed by atoms with Crippen LogP contribution in [0.3, 0.4) is 0 Å². The first-order chi connectivity index (χ1) is 18.3. The molecule has 1 aliphatic heterocycles. The van der Waals surface area contributed by atoms with Crippen molar-refractivity contribution in [1.29, 1.82) is 0 Å². The summed E-state index contributed by atoms with van der Waals surface area (Å²) in [6, 6.07) is 11.0. The second-order valence-corrected chi connectivity index (χ2v) is 9.80. The molecule has 0 atom stereocenters.